The van der Waals surface area contributed by atoms with Gasteiger partial charge in [0.1, 0.15) is 5.82 Å². The molecule has 1 N–H and O–H groups in total. The quantitative estimate of drug-likeness (QED) is 0.262. The van der Waals surface area contributed by atoms with Crippen LogP contribution in [-0.2, 0) is 0 Å². The van der Waals surface area contributed by atoms with Gasteiger partial charge in [-0.05, 0) is 86.0 Å². The molecule has 0 bridgehead atoms. The first kappa shape index (κ1) is 24.0. The minimum absolute atomic E-state index is 0.275. The zero-order chi connectivity index (χ0) is 27.4. The summed E-state index contributed by atoms with van der Waals surface area (Å²) in [5.41, 5.74) is 8.71. The van der Waals surface area contributed by atoms with Crippen molar-refractivity contribution in [2.45, 2.75) is 26.8 Å². The van der Waals surface area contributed by atoms with Gasteiger partial charge in [-0.15, -0.1) is 0 Å². The highest BCUT2D eigenvalue weighted by atomic mass is 19.1. The average molecular weight is 527 g/mol. The Hall–Kier alpha value is -5.04. The van der Waals surface area contributed by atoms with Crippen LogP contribution in [0.1, 0.15) is 34.0 Å². The van der Waals surface area contributed by atoms with Crippen LogP contribution >= 0.6 is 0 Å². The van der Waals surface area contributed by atoms with Crippen molar-refractivity contribution in [2.75, 3.05) is 10.2 Å². The van der Waals surface area contributed by atoms with Crippen molar-refractivity contribution in [3.8, 4) is 5.69 Å². The topological polar surface area (TPSA) is 57.8 Å². The molecule has 1 aromatic heterocycles. The first-order valence-electron chi connectivity index (χ1n) is 13.3. The van der Waals surface area contributed by atoms with E-state index in [-0.39, 0.29) is 11.9 Å². The molecule has 6 nitrogen and oxygen atoms in total. The number of nitrogens with one attached hydrogen (secondary N) is 1. The summed E-state index contributed by atoms with van der Waals surface area (Å²) in [7, 11) is 0. The molecule has 0 spiro atoms. The van der Waals surface area contributed by atoms with E-state index in [0.29, 0.717) is 11.7 Å². The number of para-hydroxylation sites is 3. The Morgan fingerprint density at radius 3 is 2.23 bits per heavy atom. The van der Waals surface area contributed by atoms with E-state index in [4.69, 9.17) is 15.1 Å². The van der Waals surface area contributed by atoms with E-state index in [1.54, 1.807) is 0 Å². The fourth-order valence-electron chi connectivity index (χ4n) is 5.69. The Balaban J connectivity index is 1.50. The number of aliphatic imine (C=N–C) groups is 2. The minimum atomic E-state index is -0.298. The van der Waals surface area contributed by atoms with Gasteiger partial charge in [0.15, 0.2) is 17.5 Å². The molecule has 2 aliphatic heterocycles. The third kappa shape index (κ3) is 3.98. The Morgan fingerprint density at radius 2 is 1.48 bits per heavy atom. The number of nitrogens with zero attached hydrogens (tertiary/aromatic N) is 5. The molecule has 5 aromatic rings. The molecule has 2 aliphatic rings. The molecular weight excluding hydrogens is 499 g/mol. The summed E-state index contributed by atoms with van der Waals surface area (Å²) in [6.07, 6.45) is 0. The van der Waals surface area contributed by atoms with Gasteiger partial charge in [0, 0.05) is 11.3 Å². The maximum atomic E-state index is 14.1. The molecule has 7 rings (SSSR count). The van der Waals surface area contributed by atoms with Gasteiger partial charge in [0.05, 0.1) is 28.8 Å². The molecule has 0 fully saturated rings. The van der Waals surface area contributed by atoms with E-state index in [2.05, 4.69) is 48.3 Å². The lowest BCUT2D eigenvalue weighted by Gasteiger charge is -2.40. The molecular formula is C33H27FN6. The second-order valence-electron chi connectivity index (χ2n) is 10.3. The van der Waals surface area contributed by atoms with Crippen molar-refractivity contribution in [3.05, 3.63) is 131 Å². The number of hydrogen-bond donors (Lipinski definition) is 1. The van der Waals surface area contributed by atoms with Crippen molar-refractivity contribution in [1.82, 2.24) is 9.78 Å². The molecule has 1 atom stereocenters. The van der Waals surface area contributed by atoms with E-state index in [1.807, 2.05) is 72.3 Å². The molecule has 0 saturated heterocycles. The van der Waals surface area contributed by atoms with Gasteiger partial charge in [-0.1, -0.05) is 48.5 Å². The number of aryl methyl sites for hydroxylation is 3. The molecule has 0 radical (unpaired) electrons. The van der Waals surface area contributed by atoms with E-state index in [9.17, 15) is 4.39 Å². The van der Waals surface area contributed by atoms with Gasteiger partial charge < -0.3 is 10.2 Å². The predicted octanol–water partition coefficient (Wildman–Crippen LogP) is 7.73. The lowest BCUT2D eigenvalue weighted by Crippen LogP contribution is -2.46. The van der Waals surface area contributed by atoms with E-state index >= 15 is 0 Å². The molecule has 1 unspecified atom stereocenters. The van der Waals surface area contributed by atoms with Crippen molar-refractivity contribution in [3.63, 3.8) is 0 Å². The first-order valence-corrected chi connectivity index (χ1v) is 13.3. The van der Waals surface area contributed by atoms with Crippen LogP contribution < -0.4 is 10.2 Å². The molecule has 3 heterocycles. The number of fused-ring (bicyclic) bond motifs is 4. The standard InChI is InChI=1S/C33H27FN6/c1-20-17-21(2)19-25(18-20)35-31-33-37-32-29(22(3)38-40(32)26-9-5-4-6-10-26)30(23-13-15-24(34)16-14-23)39(33)28-12-8-7-11-27(28)36-31/h4-19,30H,1-3H3,(H,35,36). The van der Waals surface area contributed by atoms with Crippen molar-refractivity contribution in [2.24, 2.45) is 9.98 Å². The summed E-state index contributed by atoms with van der Waals surface area (Å²) in [4.78, 5) is 12.5. The van der Waals surface area contributed by atoms with Crippen LogP contribution in [0.25, 0.3) is 5.69 Å². The Kier molecular flexibility index (Phi) is 5.59. The zero-order valence-corrected chi connectivity index (χ0v) is 22.4. The number of benzene rings is 4. The SMILES string of the molecule is Cc1cc(C)cc(NC2=Nc3ccccc3N3C2=Nc2c(c(C)nn2-c2ccccc2)C3c2ccc(F)cc2)c1. The van der Waals surface area contributed by atoms with Crippen molar-refractivity contribution in [1.29, 1.82) is 0 Å². The Labute approximate surface area is 232 Å². The number of halogens is 1. The Bertz CT molecular complexity index is 1800. The van der Waals surface area contributed by atoms with Gasteiger partial charge in [-0.3, -0.25) is 0 Å². The predicted molar refractivity (Wildman–Crippen MR) is 159 cm³/mol. The molecule has 0 saturated carbocycles. The molecule has 196 valence electrons. The monoisotopic (exact) mass is 526 g/mol. The number of anilines is 2. The van der Waals surface area contributed by atoms with Gasteiger partial charge in [-0.25, -0.2) is 19.1 Å². The highest BCUT2D eigenvalue weighted by Crippen LogP contribution is 2.48. The normalized spacial score (nSPS) is 15.5. The van der Waals surface area contributed by atoms with Crippen LogP contribution in [0.5, 0.6) is 0 Å². The highest BCUT2D eigenvalue weighted by Gasteiger charge is 2.41. The molecule has 7 heteroatoms. The summed E-state index contributed by atoms with van der Waals surface area (Å²) < 4.78 is 16.0. The van der Waals surface area contributed by atoms with E-state index < -0.39 is 0 Å². The number of hydrogen-bond acceptors (Lipinski definition) is 5. The molecule has 0 aliphatic carbocycles. The summed E-state index contributed by atoms with van der Waals surface area (Å²) in [6.45, 7) is 6.17. The van der Waals surface area contributed by atoms with Crippen LogP contribution in [0.2, 0.25) is 0 Å². The lowest BCUT2D eigenvalue weighted by molar-refractivity contribution is 0.626. The zero-order valence-electron chi connectivity index (χ0n) is 22.4. The summed E-state index contributed by atoms with van der Waals surface area (Å²) in [5.74, 6) is 1.78. The summed E-state index contributed by atoms with van der Waals surface area (Å²) in [5, 5.41) is 8.52. The molecule has 40 heavy (non-hydrogen) atoms. The maximum Gasteiger partial charge on any atom is 0.179 e. The molecule has 4 aromatic carbocycles. The van der Waals surface area contributed by atoms with Crippen molar-refractivity contribution < 1.29 is 4.39 Å². The third-order valence-electron chi connectivity index (χ3n) is 7.31. The largest absolute Gasteiger partial charge is 0.337 e. The van der Waals surface area contributed by atoms with Gasteiger partial charge in [0.2, 0.25) is 0 Å². The number of rotatable bonds is 3. The number of aromatic nitrogens is 2. The fraction of sp³-hybridized carbons (Fsp3) is 0.121. The summed E-state index contributed by atoms with van der Waals surface area (Å²) >= 11 is 0. The van der Waals surface area contributed by atoms with Crippen molar-refractivity contribution >= 4 is 34.6 Å². The van der Waals surface area contributed by atoms with E-state index in [0.717, 1.165) is 56.5 Å². The number of amidine groups is 2. The second-order valence-corrected chi connectivity index (χ2v) is 10.3. The minimum Gasteiger partial charge on any atom is -0.337 e. The van der Waals surface area contributed by atoms with Gasteiger partial charge in [0.25, 0.3) is 0 Å². The summed E-state index contributed by atoms with van der Waals surface area (Å²) in [6, 6.07) is 30.8. The van der Waals surface area contributed by atoms with E-state index in [1.165, 1.54) is 12.1 Å². The maximum absolute atomic E-state index is 14.1. The lowest BCUT2D eigenvalue weighted by atomic mass is 9.93. The highest BCUT2D eigenvalue weighted by molar-refractivity contribution is 6.51. The van der Waals surface area contributed by atoms with Crippen LogP contribution in [0.3, 0.4) is 0 Å². The average Bonchev–Trinajstić information content (AvgIpc) is 3.28. The van der Waals surface area contributed by atoms with Gasteiger partial charge >= 0.3 is 0 Å². The third-order valence-corrected chi connectivity index (χ3v) is 7.31. The van der Waals surface area contributed by atoms with Gasteiger partial charge in [-0.2, -0.15) is 5.10 Å². The Morgan fingerprint density at radius 1 is 0.775 bits per heavy atom. The van der Waals surface area contributed by atoms with Crippen LogP contribution in [0.15, 0.2) is 107 Å². The van der Waals surface area contributed by atoms with Crippen LogP contribution in [0.4, 0.5) is 27.3 Å². The fourth-order valence-corrected chi connectivity index (χ4v) is 5.69. The van der Waals surface area contributed by atoms with Crippen LogP contribution in [-0.4, -0.2) is 21.5 Å². The first-order chi connectivity index (χ1) is 19.5. The second kappa shape index (κ2) is 9.31. The molecule has 0 amide bonds. The van der Waals surface area contributed by atoms with Crippen LogP contribution in [0, 0.1) is 26.6 Å². The smallest absolute Gasteiger partial charge is 0.179 e.